The van der Waals surface area contributed by atoms with Crippen LogP contribution in [-0.2, 0) is 4.79 Å². The summed E-state index contributed by atoms with van der Waals surface area (Å²) in [6.07, 6.45) is 3.03. The Balaban J connectivity index is 3.86. The highest BCUT2D eigenvalue weighted by molar-refractivity contribution is 5.76. The van der Waals surface area contributed by atoms with Gasteiger partial charge in [-0.2, -0.15) is 5.26 Å². The van der Waals surface area contributed by atoms with Gasteiger partial charge in [0.1, 0.15) is 0 Å². The summed E-state index contributed by atoms with van der Waals surface area (Å²) in [6.45, 7) is 6.02. The largest absolute Gasteiger partial charge is 0.354 e. The summed E-state index contributed by atoms with van der Waals surface area (Å²) in [7, 11) is 0. The summed E-state index contributed by atoms with van der Waals surface area (Å²) in [5, 5.41) is 11.6. The van der Waals surface area contributed by atoms with Crippen LogP contribution in [0.4, 0.5) is 0 Å². The van der Waals surface area contributed by atoms with Crippen molar-refractivity contribution >= 4 is 5.91 Å². The quantitative estimate of drug-likeness (QED) is 0.708. The number of rotatable bonds is 6. The molecular formula is C11H20N2O. The second-order valence-corrected chi connectivity index (χ2v) is 3.70. The van der Waals surface area contributed by atoms with Crippen LogP contribution in [0.3, 0.4) is 0 Å². The molecule has 3 heteroatoms. The summed E-state index contributed by atoms with van der Waals surface area (Å²) >= 11 is 0. The molecule has 0 rings (SSSR count). The SMILES string of the molecule is CCCC(C#N)CC(=O)NC(C)CC. The smallest absolute Gasteiger partial charge is 0.221 e. The van der Waals surface area contributed by atoms with E-state index < -0.39 is 0 Å². The molecule has 0 aliphatic carbocycles. The number of amides is 1. The fourth-order valence-electron chi connectivity index (χ4n) is 1.22. The minimum absolute atomic E-state index is 0.000602. The van der Waals surface area contributed by atoms with E-state index >= 15 is 0 Å². The van der Waals surface area contributed by atoms with Crippen LogP contribution >= 0.6 is 0 Å². The summed E-state index contributed by atoms with van der Waals surface area (Å²) in [6, 6.07) is 2.38. The molecule has 0 saturated carbocycles. The van der Waals surface area contributed by atoms with E-state index in [1.165, 1.54) is 0 Å². The molecular weight excluding hydrogens is 176 g/mol. The van der Waals surface area contributed by atoms with Crippen molar-refractivity contribution in [2.75, 3.05) is 0 Å². The molecule has 0 aromatic heterocycles. The van der Waals surface area contributed by atoms with Gasteiger partial charge in [0.05, 0.1) is 12.0 Å². The Hall–Kier alpha value is -1.04. The van der Waals surface area contributed by atoms with Crippen molar-refractivity contribution in [3.63, 3.8) is 0 Å². The van der Waals surface area contributed by atoms with Gasteiger partial charge in [0.2, 0.25) is 5.91 Å². The normalized spacial score (nSPS) is 14.1. The predicted molar refractivity (Wildman–Crippen MR) is 56.5 cm³/mol. The maximum Gasteiger partial charge on any atom is 0.221 e. The summed E-state index contributed by atoms with van der Waals surface area (Å²) in [4.78, 5) is 11.4. The number of nitriles is 1. The number of nitrogens with zero attached hydrogens (tertiary/aromatic N) is 1. The average molecular weight is 196 g/mol. The number of carbonyl (C=O) groups is 1. The van der Waals surface area contributed by atoms with Crippen LogP contribution in [0.15, 0.2) is 0 Å². The number of carbonyl (C=O) groups excluding carboxylic acids is 1. The molecule has 0 radical (unpaired) electrons. The highest BCUT2D eigenvalue weighted by Gasteiger charge is 2.13. The lowest BCUT2D eigenvalue weighted by atomic mass is 10.0. The molecule has 0 bridgehead atoms. The van der Waals surface area contributed by atoms with Crippen molar-refractivity contribution in [2.45, 2.75) is 52.5 Å². The monoisotopic (exact) mass is 196 g/mol. The Morgan fingerprint density at radius 2 is 2.14 bits per heavy atom. The minimum Gasteiger partial charge on any atom is -0.354 e. The van der Waals surface area contributed by atoms with Crippen LogP contribution in [0, 0.1) is 17.2 Å². The molecule has 80 valence electrons. The molecule has 0 aliphatic rings. The highest BCUT2D eigenvalue weighted by atomic mass is 16.1. The van der Waals surface area contributed by atoms with Crippen molar-refractivity contribution < 1.29 is 4.79 Å². The van der Waals surface area contributed by atoms with Crippen LogP contribution in [0.25, 0.3) is 0 Å². The fraction of sp³-hybridized carbons (Fsp3) is 0.818. The highest BCUT2D eigenvalue weighted by Crippen LogP contribution is 2.09. The minimum atomic E-state index is -0.121. The van der Waals surface area contributed by atoms with Gasteiger partial charge in [0.15, 0.2) is 0 Å². The molecule has 0 saturated heterocycles. The summed E-state index contributed by atoms with van der Waals surface area (Å²) in [5.74, 6) is -0.122. The number of nitrogens with one attached hydrogen (secondary N) is 1. The van der Waals surface area contributed by atoms with Gasteiger partial charge in [-0.15, -0.1) is 0 Å². The zero-order valence-electron chi connectivity index (χ0n) is 9.34. The molecule has 1 N–H and O–H groups in total. The van der Waals surface area contributed by atoms with Gasteiger partial charge in [-0.1, -0.05) is 20.3 Å². The van der Waals surface area contributed by atoms with E-state index in [0.29, 0.717) is 6.42 Å². The van der Waals surface area contributed by atoms with Crippen LogP contribution in [0.1, 0.15) is 46.5 Å². The molecule has 0 aromatic rings. The molecule has 1 amide bonds. The first kappa shape index (κ1) is 13.0. The standard InChI is InChI=1S/C11H20N2O/c1-4-6-10(8-12)7-11(14)13-9(3)5-2/h9-10H,4-7H2,1-3H3,(H,13,14). The zero-order chi connectivity index (χ0) is 11.0. The van der Waals surface area contributed by atoms with Gasteiger partial charge < -0.3 is 5.32 Å². The van der Waals surface area contributed by atoms with Crippen molar-refractivity contribution in [3.05, 3.63) is 0 Å². The van der Waals surface area contributed by atoms with E-state index in [1.54, 1.807) is 0 Å². The van der Waals surface area contributed by atoms with E-state index in [4.69, 9.17) is 5.26 Å². The molecule has 0 aromatic carbocycles. The van der Waals surface area contributed by atoms with E-state index in [1.807, 2.05) is 20.8 Å². The topological polar surface area (TPSA) is 52.9 Å². The van der Waals surface area contributed by atoms with Crippen molar-refractivity contribution in [3.8, 4) is 6.07 Å². The van der Waals surface area contributed by atoms with E-state index in [2.05, 4.69) is 11.4 Å². The van der Waals surface area contributed by atoms with Crippen LogP contribution < -0.4 is 5.32 Å². The fourth-order valence-corrected chi connectivity index (χ4v) is 1.22. The second-order valence-electron chi connectivity index (χ2n) is 3.70. The Kier molecular flexibility index (Phi) is 6.82. The zero-order valence-corrected chi connectivity index (χ0v) is 9.34. The molecule has 0 aliphatic heterocycles. The first-order valence-corrected chi connectivity index (χ1v) is 5.32. The van der Waals surface area contributed by atoms with Gasteiger partial charge in [-0.25, -0.2) is 0 Å². The third kappa shape index (κ3) is 5.58. The third-order valence-corrected chi connectivity index (χ3v) is 2.27. The van der Waals surface area contributed by atoms with E-state index in [0.717, 1.165) is 19.3 Å². The molecule has 3 nitrogen and oxygen atoms in total. The van der Waals surface area contributed by atoms with Crippen molar-refractivity contribution in [2.24, 2.45) is 5.92 Å². The molecule has 2 atom stereocenters. The van der Waals surface area contributed by atoms with Crippen molar-refractivity contribution in [1.29, 1.82) is 5.26 Å². The maximum absolute atomic E-state index is 11.4. The number of hydrogen-bond donors (Lipinski definition) is 1. The first-order valence-electron chi connectivity index (χ1n) is 5.32. The third-order valence-electron chi connectivity index (χ3n) is 2.27. The van der Waals surface area contributed by atoms with Gasteiger partial charge in [-0.3, -0.25) is 4.79 Å². The van der Waals surface area contributed by atoms with E-state index in [-0.39, 0.29) is 17.9 Å². The lowest BCUT2D eigenvalue weighted by Gasteiger charge is -2.12. The molecule has 0 spiro atoms. The second kappa shape index (κ2) is 7.37. The van der Waals surface area contributed by atoms with Gasteiger partial charge in [-0.05, 0) is 19.8 Å². The molecule has 2 unspecified atom stereocenters. The Bertz CT molecular complexity index is 208. The Morgan fingerprint density at radius 1 is 1.50 bits per heavy atom. The Morgan fingerprint density at radius 3 is 2.57 bits per heavy atom. The summed E-state index contributed by atoms with van der Waals surface area (Å²) in [5.41, 5.74) is 0. The van der Waals surface area contributed by atoms with Gasteiger partial charge in [0.25, 0.3) is 0 Å². The molecule has 0 fully saturated rings. The summed E-state index contributed by atoms with van der Waals surface area (Å²) < 4.78 is 0. The first-order chi connectivity index (χ1) is 6.63. The lowest BCUT2D eigenvalue weighted by Crippen LogP contribution is -2.32. The van der Waals surface area contributed by atoms with Gasteiger partial charge >= 0.3 is 0 Å². The number of hydrogen-bond acceptors (Lipinski definition) is 2. The van der Waals surface area contributed by atoms with Crippen LogP contribution in [0.2, 0.25) is 0 Å². The van der Waals surface area contributed by atoms with E-state index in [9.17, 15) is 4.79 Å². The van der Waals surface area contributed by atoms with Crippen molar-refractivity contribution in [1.82, 2.24) is 5.32 Å². The van der Waals surface area contributed by atoms with Gasteiger partial charge in [0, 0.05) is 12.5 Å². The maximum atomic E-state index is 11.4. The average Bonchev–Trinajstić information content (AvgIpc) is 2.16. The lowest BCUT2D eigenvalue weighted by molar-refractivity contribution is -0.122. The van der Waals surface area contributed by atoms with Crippen LogP contribution in [-0.4, -0.2) is 11.9 Å². The van der Waals surface area contributed by atoms with Crippen LogP contribution in [0.5, 0.6) is 0 Å². The predicted octanol–water partition coefficient (Wildman–Crippen LogP) is 2.23. The Labute approximate surface area is 86.5 Å². The molecule has 14 heavy (non-hydrogen) atoms. The molecule has 0 heterocycles.